The molecule has 0 saturated heterocycles. The molecule has 0 radical (unpaired) electrons. The van der Waals surface area contributed by atoms with Crippen LogP contribution >= 0.6 is 0 Å². The van der Waals surface area contributed by atoms with Crippen molar-refractivity contribution in [3.63, 3.8) is 0 Å². The fraction of sp³-hybridized carbons (Fsp3) is 0.455. The maximum absolute atomic E-state index is 11.9. The first-order valence-corrected chi connectivity index (χ1v) is 6.66. The molecule has 0 unspecified atom stereocenters. The third kappa shape index (κ3) is 3.30. The van der Waals surface area contributed by atoms with E-state index >= 15 is 0 Å². The van der Waals surface area contributed by atoms with E-state index in [2.05, 4.69) is 4.72 Å². The van der Waals surface area contributed by atoms with Crippen molar-refractivity contribution in [1.29, 1.82) is 0 Å². The zero-order valence-electron chi connectivity index (χ0n) is 9.56. The van der Waals surface area contributed by atoms with Gasteiger partial charge in [-0.25, -0.2) is 13.1 Å². The molecule has 0 aliphatic heterocycles. The minimum Gasteiger partial charge on any atom is -0.384 e. The molecule has 0 bridgehead atoms. The van der Waals surface area contributed by atoms with Gasteiger partial charge in [0.2, 0.25) is 10.0 Å². The van der Waals surface area contributed by atoms with Gasteiger partial charge in [-0.3, -0.25) is 0 Å². The first kappa shape index (κ1) is 13.2. The second-order valence-electron chi connectivity index (χ2n) is 3.35. The van der Waals surface area contributed by atoms with Crippen molar-refractivity contribution in [2.24, 2.45) is 0 Å². The second kappa shape index (κ2) is 5.98. The van der Waals surface area contributed by atoms with Crippen molar-refractivity contribution in [3.8, 4) is 0 Å². The Morgan fingerprint density at radius 2 is 2.00 bits per heavy atom. The van der Waals surface area contributed by atoms with Crippen molar-refractivity contribution in [2.75, 3.05) is 20.3 Å². The predicted octanol–water partition coefficient (Wildman–Crippen LogP) is 1.17. The van der Waals surface area contributed by atoms with E-state index in [4.69, 9.17) is 4.74 Å². The highest BCUT2D eigenvalue weighted by Gasteiger charge is 2.16. The van der Waals surface area contributed by atoms with Gasteiger partial charge in [-0.1, -0.05) is 25.1 Å². The molecular formula is C11H17NO3S. The van der Waals surface area contributed by atoms with Crippen LogP contribution in [0.4, 0.5) is 0 Å². The molecule has 1 aromatic carbocycles. The number of benzene rings is 1. The average Bonchev–Trinajstić information content (AvgIpc) is 2.26. The van der Waals surface area contributed by atoms with Gasteiger partial charge in [-0.2, -0.15) is 0 Å². The summed E-state index contributed by atoms with van der Waals surface area (Å²) in [6, 6.07) is 6.97. The van der Waals surface area contributed by atoms with Gasteiger partial charge >= 0.3 is 0 Å². The summed E-state index contributed by atoms with van der Waals surface area (Å²) in [5.74, 6) is 0. The Labute approximate surface area is 96.7 Å². The smallest absolute Gasteiger partial charge is 0.240 e. The van der Waals surface area contributed by atoms with E-state index in [1.807, 2.05) is 12.1 Å². The summed E-state index contributed by atoms with van der Waals surface area (Å²) in [6.07, 6.45) is 0.595. The van der Waals surface area contributed by atoms with Crippen LogP contribution in [0.15, 0.2) is 29.2 Å². The fourth-order valence-corrected chi connectivity index (χ4v) is 2.76. The lowest BCUT2D eigenvalue weighted by Crippen LogP contribution is -2.24. The zero-order chi connectivity index (χ0) is 12.0. The van der Waals surface area contributed by atoms with Gasteiger partial charge in [-0.05, 0) is 18.1 Å². The number of ether oxygens (including phenoxy) is 1. The molecule has 1 N–H and O–H groups in total. The van der Waals surface area contributed by atoms with E-state index in [0.717, 1.165) is 5.56 Å². The normalized spacial score (nSPS) is 11.6. The van der Waals surface area contributed by atoms with E-state index in [-0.39, 0.29) is 0 Å². The number of rotatable bonds is 6. The van der Waals surface area contributed by atoms with Crippen molar-refractivity contribution in [1.82, 2.24) is 4.72 Å². The quantitative estimate of drug-likeness (QED) is 0.816. The second-order valence-corrected chi connectivity index (χ2v) is 5.09. The van der Waals surface area contributed by atoms with Crippen LogP contribution in [0.25, 0.3) is 0 Å². The summed E-state index contributed by atoms with van der Waals surface area (Å²) in [6.45, 7) is 2.66. The summed E-state index contributed by atoms with van der Waals surface area (Å²) in [5, 5.41) is 0. The van der Waals surface area contributed by atoms with Crippen LogP contribution in [0, 0.1) is 0 Å². The molecule has 16 heavy (non-hydrogen) atoms. The van der Waals surface area contributed by atoms with Gasteiger partial charge in [0.1, 0.15) is 0 Å². The van der Waals surface area contributed by atoms with E-state index < -0.39 is 10.0 Å². The first-order valence-electron chi connectivity index (χ1n) is 5.18. The summed E-state index contributed by atoms with van der Waals surface area (Å²) in [5.41, 5.74) is 0.783. The van der Waals surface area contributed by atoms with Crippen LogP contribution in [0.2, 0.25) is 0 Å². The fourth-order valence-electron chi connectivity index (χ4n) is 1.45. The van der Waals surface area contributed by atoms with Crippen LogP contribution in [-0.2, 0) is 21.2 Å². The third-order valence-corrected chi connectivity index (χ3v) is 3.82. The number of sulfonamides is 1. The zero-order valence-corrected chi connectivity index (χ0v) is 10.4. The Kier molecular flexibility index (Phi) is 4.92. The molecule has 4 nitrogen and oxygen atoms in total. The van der Waals surface area contributed by atoms with Crippen molar-refractivity contribution in [3.05, 3.63) is 29.8 Å². The van der Waals surface area contributed by atoms with E-state index in [1.54, 1.807) is 26.2 Å². The molecule has 0 heterocycles. The topological polar surface area (TPSA) is 55.4 Å². The molecule has 5 heteroatoms. The van der Waals surface area contributed by atoms with Gasteiger partial charge in [0.15, 0.2) is 0 Å². The van der Waals surface area contributed by atoms with E-state index in [9.17, 15) is 8.42 Å². The number of methoxy groups -OCH3 is 1. The summed E-state index contributed by atoms with van der Waals surface area (Å²) in [7, 11) is -1.78. The van der Waals surface area contributed by atoms with Crippen LogP contribution in [0.1, 0.15) is 12.5 Å². The SMILES string of the molecule is CCNS(=O)(=O)c1ccccc1CCOC. The first-order chi connectivity index (χ1) is 7.61. The third-order valence-electron chi connectivity index (χ3n) is 2.17. The van der Waals surface area contributed by atoms with Crippen molar-refractivity contribution in [2.45, 2.75) is 18.2 Å². The highest BCUT2D eigenvalue weighted by Crippen LogP contribution is 2.15. The molecule has 1 aromatic rings. The molecule has 0 atom stereocenters. The van der Waals surface area contributed by atoms with Crippen LogP contribution in [0.5, 0.6) is 0 Å². The van der Waals surface area contributed by atoms with E-state index in [1.165, 1.54) is 0 Å². The predicted molar refractivity (Wildman–Crippen MR) is 62.9 cm³/mol. The molecule has 0 aromatic heterocycles. The molecule has 0 fully saturated rings. The molecule has 0 saturated carbocycles. The summed E-state index contributed by atoms with van der Waals surface area (Å²) < 4.78 is 31.2. The van der Waals surface area contributed by atoms with Gasteiger partial charge in [0.25, 0.3) is 0 Å². The Bertz CT molecular complexity index is 429. The standard InChI is InChI=1S/C11H17NO3S/c1-3-12-16(13,14)11-7-5-4-6-10(11)8-9-15-2/h4-7,12H,3,8-9H2,1-2H3. The maximum Gasteiger partial charge on any atom is 0.240 e. The number of hydrogen-bond donors (Lipinski definition) is 1. The molecule has 0 spiro atoms. The Hall–Kier alpha value is -0.910. The molecule has 0 aliphatic carbocycles. The molecule has 90 valence electrons. The largest absolute Gasteiger partial charge is 0.384 e. The number of hydrogen-bond acceptors (Lipinski definition) is 3. The molecule has 1 rings (SSSR count). The van der Waals surface area contributed by atoms with Gasteiger partial charge < -0.3 is 4.74 Å². The number of nitrogens with one attached hydrogen (secondary N) is 1. The van der Waals surface area contributed by atoms with Crippen molar-refractivity contribution >= 4 is 10.0 Å². The van der Waals surface area contributed by atoms with Crippen LogP contribution < -0.4 is 4.72 Å². The summed E-state index contributed by atoms with van der Waals surface area (Å²) >= 11 is 0. The van der Waals surface area contributed by atoms with Crippen LogP contribution in [-0.4, -0.2) is 28.7 Å². The lowest BCUT2D eigenvalue weighted by atomic mass is 10.2. The van der Waals surface area contributed by atoms with Crippen LogP contribution in [0.3, 0.4) is 0 Å². The molecular weight excluding hydrogens is 226 g/mol. The lowest BCUT2D eigenvalue weighted by molar-refractivity contribution is 0.202. The highest BCUT2D eigenvalue weighted by atomic mass is 32.2. The summed E-state index contributed by atoms with van der Waals surface area (Å²) in [4.78, 5) is 0.342. The Morgan fingerprint density at radius 1 is 1.31 bits per heavy atom. The van der Waals surface area contributed by atoms with Gasteiger partial charge in [0.05, 0.1) is 11.5 Å². The Morgan fingerprint density at radius 3 is 2.62 bits per heavy atom. The lowest BCUT2D eigenvalue weighted by Gasteiger charge is -2.09. The maximum atomic E-state index is 11.9. The minimum absolute atomic E-state index is 0.342. The monoisotopic (exact) mass is 243 g/mol. The Balaban J connectivity index is 3.03. The minimum atomic E-state index is -3.38. The molecule has 0 amide bonds. The van der Waals surface area contributed by atoms with E-state index in [0.29, 0.717) is 24.5 Å². The average molecular weight is 243 g/mol. The highest BCUT2D eigenvalue weighted by molar-refractivity contribution is 7.89. The van der Waals surface area contributed by atoms with Gasteiger partial charge in [-0.15, -0.1) is 0 Å². The van der Waals surface area contributed by atoms with Crippen molar-refractivity contribution < 1.29 is 13.2 Å². The van der Waals surface area contributed by atoms with Gasteiger partial charge in [0, 0.05) is 13.7 Å². The molecule has 0 aliphatic rings.